The number of aryl methyl sites for hydroxylation is 1. The first-order chi connectivity index (χ1) is 7.24. The lowest BCUT2D eigenvalue weighted by Gasteiger charge is -2.17. The molecule has 0 aromatic heterocycles. The Morgan fingerprint density at radius 1 is 1.27 bits per heavy atom. The van der Waals surface area contributed by atoms with Gasteiger partial charge in [0.2, 0.25) is 0 Å². The largest absolute Gasteiger partial charge is 0.0836 e. The van der Waals surface area contributed by atoms with Crippen molar-refractivity contribution in [1.29, 1.82) is 0 Å². The quantitative estimate of drug-likeness (QED) is 0.664. The Morgan fingerprint density at radius 3 is 2.47 bits per heavy atom. The van der Waals surface area contributed by atoms with E-state index >= 15 is 0 Å². The highest BCUT2D eigenvalue weighted by Gasteiger charge is 2.10. The van der Waals surface area contributed by atoms with Crippen LogP contribution in [0.25, 0.3) is 5.57 Å². The van der Waals surface area contributed by atoms with Gasteiger partial charge in [-0.2, -0.15) is 0 Å². The maximum atomic E-state index is 2.31. The van der Waals surface area contributed by atoms with Gasteiger partial charge in [-0.15, -0.1) is 0 Å². The highest BCUT2D eigenvalue weighted by atomic mass is 14.2. The maximum absolute atomic E-state index is 2.31. The first-order valence-corrected chi connectivity index (χ1v) is 5.99. The van der Waals surface area contributed by atoms with E-state index in [9.17, 15) is 0 Å². The first kappa shape index (κ1) is 12.0. The molecule has 0 heterocycles. The van der Waals surface area contributed by atoms with Gasteiger partial charge in [-0.3, -0.25) is 0 Å². The Bertz CT molecular complexity index is 334. The van der Waals surface area contributed by atoms with Gasteiger partial charge in [-0.05, 0) is 42.4 Å². The minimum atomic E-state index is 0.655. The average molecular weight is 202 g/mol. The lowest BCUT2D eigenvalue weighted by Crippen LogP contribution is -2.00. The number of rotatable bonds is 4. The van der Waals surface area contributed by atoms with Gasteiger partial charge in [0, 0.05) is 0 Å². The third-order valence-electron chi connectivity index (χ3n) is 3.16. The fourth-order valence-electron chi connectivity index (χ4n) is 2.04. The molecule has 0 fully saturated rings. The molecule has 0 radical (unpaired) electrons. The van der Waals surface area contributed by atoms with Gasteiger partial charge in [0.05, 0.1) is 0 Å². The normalized spacial score (nSPS) is 14.0. The van der Waals surface area contributed by atoms with Crippen molar-refractivity contribution in [2.45, 2.75) is 40.5 Å². The molecular weight excluding hydrogens is 180 g/mol. The second-order valence-electron chi connectivity index (χ2n) is 4.06. The summed E-state index contributed by atoms with van der Waals surface area (Å²) in [5.41, 5.74) is 4.40. The predicted octanol–water partition coefficient (Wildman–Crippen LogP) is 4.70. The molecule has 0 bridgehead atoms. The molecule has 0 saturated carbocycles. The molecule has 0 aliphatic heterocycles. The summed E-state index contributed by atoms with van der Waals surface area (Å²) < 4.78 is 0. The lowest BCUT2D eigenvalue weighted by atomic mass is 9.88. The highest BCUT2D eigenvalue weighted by Crippen LogP contribution is 2.28. The van der Waals surface area contributed by atoms with Gasteiger partial charge in [-0.25, -0.2) is 0 Å². The number of allylic oxidation sites excluding steroid dienone is 2. The monoisotopic (exact) mass is 202 g/mol. The van der Waals surface area contributed by atoms with Gasteiger partial charge in [0.1, 0.15) is 0 Å². The Balaban J connectivity index is 3.13. The minimum Gasteiger partial charge on any atom is -0.0836 e. The van der Waals surface area contributed by atoms with Crippen LogP contribution in [-0.4, -0.2) is 0 Å². The molecule has 1 aromatic rings. The Morgan fingerprint density at radius 2 is 1.93 bits per heavy atom. The minimum absolute atomic E-state index is 0.655. The molecule has 1 rings (SSSR count). The molecule has 0 aliphatic carbocycles. The van der Waals surface area contributed by atoms with Crippen molar-refractivity contribution in [3.05, 3.63) is 41.5 Å². The van der Waals surface area contributed by atoms with Crippen LogP contribution in [0.1, 0.15) is 45.2 Å². The van der Waals surface area contributed by atoms with E-state index in [4.69, 9.17) is 0 Å². The fraction of sp³-hybridized carbons (Fsp3) is 0.467. The van der Waals surface area contributed by atoms with Crippen LogP contribution in [0.4, 0.5) is 0 Å². The van der Waals surface area contributed by atoms with Gasteiger partial charge in [0.15, 0.2) is 0 Å². The zero-order valence-corrected chi connectivity index (χ0v) is 10.4. The molecule has 1 atom stereocenters. The van der Waals surface area contributed by atoms with Crippen molar-refractivity contribution in [1.82, 2.24) is 0 Å². The third kappa shape index (κ3) is 2.71. The van der Waals surface area contributed by atoms with E-state index in [1.165, 1.54) is 23.1 Å². The van der Waals surface area contributed by atoms with Gasteiger partial charge in [-0.1, -0.05) is 51.1 Å². The van der Waals surface area contributed by atoms with Gasteiger partial charge < -0.3 is 0 Å². The van der Waals surface area contributed by atoms with Crippen molar-refractivity contribution in [3.63, 3.8) is 0 Å². The molecule has 0 saturated heterocycles. The van der Waals surface area contributed by atoms with E-state index in [0.717, 1.165) is 6.42 Å². The zero-order valence-electron chi connectivity index (χ0n) is 10.4. The van der Waals surface area contributed by atoms with Gasteiger partial charge in [0.25, 0.3) is 0 Å². The van der Waals surface area contributed by atoms with Crippen LogP contribution >= 0.6 is 0 Å². The molecule has 1 aromatic carbocycles. The zero-order chi connectivity index (χ0) is 11.3. The lowest BCUT2D eigenvalue weighted by molar-refractivity contribution is 0.715. The standard InChI is InChI=1S/C15H22/c1-5-12(4)14(7-3)15-11-9-8-10-13(15)6-2/h7-12H,5-6H2,1-4H3/b14-7-. The summed E-state index contributed by atoms with van der Waals surface area (Å²) in [5.74, 6) is 0.655. The van der Waals surface area contributed by atoms with E-state index in [-0.39, 0.29) is 0 Å². The van der Waals surface area contributed by atoms with E-state index in [1.54, 1.807) is 0 Å². The van der Waals surface area contributed by atoms with Crippen LogP contribution < -0.4 is 0 Å². The van der Waals surface area contributed by atoms with Crippen LogP contribution in [0.2, 0.25) is 0 Å². The molecule has 0 nitrogen and oxygen atoms in total. The smallest absolute Gasteiger partial charge is 0.0190 e. The van der Waals surface area contributed by atoms with E-state index in [2.05, 4.69) is 58.0 Å². The van der Waals surface area contributed by atoms with Crippen LogP contribution in [-0.2, 0) is 6.42 Å². The molecule has 0 amide bonds. The highest BCUT2D eigenvalue weighted by molar-refractivity contribution is 5.69. The summed E-state index contributed by atoms with van der Waals surface area (Å²) in [6.45, 7) is 8.93. The summed E-state index contributed by atoms with van der Waals surface area (Å²) >= 11 is 0. The molecule has 1 unspecified atom stereocenters. The summed E-state index contributed by atoms with van der Waals surface area (Å²) in [4.78, 5) is 0. The van der Waals surface area contributed by atoms with Crippen molar-refractivity contribution >= 4 is 5.57 Å². The van der Waals surface area contributed by atoms with Crippen molar-refractivity contribution in [2.75, 3.05) is 0 Å². The second-order valence-corrected chi connectivity index (χ2v) is 4.06. The summed E-state index contributed by atoms with van der Waals surface area (Å²) in [6, 6.07) is 8.76. The number of benzene rings is 1. The molecule has 0 heteroatoms. The van der Waals surface area contributed by atoms with Crippen molar-refractivity contribution in [3.8, 4) is 0 Å². The maximum Gasteiger partial charge on any atom is -0.0190 e. The van der Waals surface area contributed by atoms with Gasteiger partial charge >= 0.3 is 0 Å². The summed E-state index contributed by atoms with van der Waals surface area (Å²) in [6.07, 6.45) is 4.59. The van der Waals surface area contributed by atoms with Crippen LogP contribution in [0.3, 0.4) is 0 Å². The van der Waals surface area contributed by atoms with E-state index in [1.807, 2.05) is 0 Å². The van der Waals surface area contributed by atoms with Crippen LogP contribution in [0.15, 0.2) is 30.3 Å². The molecular formula is C15H22. The fourth-order valence-corrected chi connectivity index (χ4v) is 2.04. The molecule has 0 N–H and O–H groups in total. The Kier molecular flexibility index (Phi) is 4.61. The Labute approximate surface area is 94.0 Å². The molecule has 0 aliphatic rings. The third-order valence-corrected chi connectivity index (χ3v) is 3.16. The molecule has 0 spiro atoms. The predicted molar refractivity (Wildman–Crippen MR) is 68.9 cm³/mol. The average Bonchev–Trinajstić information content (AvgIpc) is 2.30. The SMILES string of the molecule is C/C=C(\c1ccccc1CC)C(C)CC. The van der Waals surface area contributed by atoms with E-state index < -0.39 is 0 Å². The van der Waals surface area contributed by atoms with E-state index in [0.29, 0.717) is 5.92 Å². The topological polar surface area (TPSA) is 0 Å². The van der Waals surface area contributed by atoms with Crippen molar-refractivity contribution < 1.29 is 0 Å². The second kappa shape index (κ2) is 5.75. The van der Waals surface area contributed by atoms with Crippen LogP contribution in [0.5, 0.6) is 0 Å². The first-order valence-electron chi connectivity index (χ1n) is 5.99. The number of hydrogen-bond acceptors (Lipinski definition) is 0. The molecule has 15 heavy (non-hydrogen) atoms. The van der Waals surface area contributed by atoms with Crippen molar-refractivity contribution in [2.24, 2.45) is 5.92 Å². The summed E-state index contributed by atoms with van der Waals surface area (Å²) in [7, 11) is 0. The number of hydrogen-bond donors (Lipinski definition) is 0. The molecule has 82 valence electrons. The van der Waals surface area contributed by atoms with Crippen LogP contribution in [0, 0.1) is 5.92 Å². The Hall–Kier alpha value is -1.04. The summed E-state index contributed by atoms with van der Waals surface area (Å²) in [5, 5.41) is 0.